The van der Waals surface area contributed by atoms with Crippen LogP contribution in [-0.2, 0) is 25.7 Å². The number of carbonyl (C=O) groups is 3. The first-order valence-corrected chi connectivity index (χ1v) is 12.8. The van der Waals surface area contributed by atoms with E-state index < -0.39 is 5.97 Å². The Balaban J connectivity index is 1.05. The Morgan fingerprint density at radius 2 is 1.62 bits per heavy atom. The van der Waals surface area contributed by atoms with Crippen molar-refractivity contribution in [3.8, 4) is 5.75 Å². The van der Waals surface area contributed by atoms with E-state index >= 15 is 0 Å². The quantitative estimate of drug-likeness (QED) is 0.532. The van der Waals surface area contributed by atoms with Crippen LogP contribution in [0.5, 0.6) is 5.75 Å². The van der Waals surface area contributed by atoms with Gasteiger partial charge in [-0.05, 0) is 86.8 Å². The average Bonchev–Trinajstić information content (AvgIpc) is 3.66. The highest BCUT2D eigenvalue weighted by Crippen LogP contribution is 2.60. The number of benzene rings is 1. The lowest BCUT2D eigenvalue weighted by molar-refractivity contribution is -0.153. The number of carbonyl (C=O) groups excluding carboxylic acids is 3. The van der Waals surface area contributed by atoms with Crippen molar-refractivity contribution in [3.63, 3.8) is 0 Å². The summed E-state index contributed by atoms with van der Waals surface area (Å²) in [6.45, 7) is 0.506. The number of esters is 1. The number of rotatable bonds is 10. The van der Waals surface area contributed by atoms with Gasteiger partial charge in [0.2, 0.25) is 5.91 Å². The number of amides is 2. The predicted octanol–water partition coefficient (Wildman–Crippen LogP) is 3.45. The standard InChI is InChI=1S/C27H36N2O5/c1-33-23-6-2-18(3-7-23)16-29(22-4-5-22)24(30)17-34-25(31)8-9-28-26(32)27-13-19-10-20(14-27)12-21(11-19)15-27/h2-3,6-7,19-22H,4-5,8-17H2,1H3,(H,28,32). The molecule has 0 atom stereocenters. The molecule has 4 bridgehead atoms. The van der Waals surface area contributed by atoms with Gasteiger partial charge in [-0.3, -0.25) is 14.4 Å². The van der Waals surface area contributed by atoms with Crippen molar-refractivity contribution in [2.24, 2.45) is 23.2 Å². The molecule has 5 fully saturated rings. The van der Waals surface area contributed by atoms with E-state index in [1.807, 2.05) is 24.3 Å². The minimum absolute atomic E-state index is 0.0906. The summed E-state index contributed by atoms with van der Waals surface area (Å²) in [5.74, 6) is 2.40. The molecule has 0 radical (unpaired) electrons. The first-order chi connectivity index (χ1) is 16.4. The number of hydrogen-bond acceptors (Lipinski definition) is 5. The van der Waals surface area contributed by atoms with Crippen LogP contribution in [-0.4, -0.2) is 49.0 Å². The molecule has 7 heteroatoms. The summed E-state index contributed by atoms with van der Waals surface area (Å²) < 4.78 is 10.5. The second kappa shape index (κ2) is 9.59. The van der Waals surface area contributed by atoms with Gasteiger partial charge >= 0.3 is 5.97 Å². The van der Waals surface area contributed by atoms with E-state index in [1.54, 1.807) is 12.0 Å². The van der Waals surface area contributed by atoms with E-state index in [2.05, 4.69) is 5.32 Å². The third-order valence-electron chi connectivity index (χ3n) is 8.31. The highest BCUT2D eigenvalue weighted by atomic mass is 16.5. The van der Waals surface area contributed by atoms with Crippen LogP contribution >= 0.6 is 0 Å². The van der Waals surface area contributed by atoms with Crippen LogP contribution < -0.4 is 10.1 Å². The number of ether oxygens (including phenoxy) is 2. The zero-order valence-corrected chi connectivity index (χ0v) is 20.1. The molecule has 5 aliphatic carbocycles. The van der Waals surface area contributed by atoms with Gasteiger partial charge < -0.3 is 19.7 Å². The number of hydrogen-bond donors (Lipinski definition) is 1. The molecule has 1 aromatic carbocycles. The number of methoxy groups -OCH3 is 1. The maximum atomic E-state index is 13.0. The molecule has 0 saturated heterocycles. The van der Waals surface area contributed by atoms with Crippen molar-refractivity contribution in [1.82, 2.24) is 10.2 Å². The number of nitrogens with one attached hydrogen (secondary N) is 1. The molecular formula is C27H36N2O5. The van der Waals surface area contributed by atoms with Crippen molar-refractivity contribution in [1.29, 1.82) is 0 Å². The predicted molar refractivity (Wildman–Crippen MR) is 126 cm³/mol. The minimum atomic E-state index is -0.445. The zero-order chi connectivity index (χ0) is 23.7. The molecular weight excluding hydrogens is 432 g/mol. The van der Waals surface area contributed by atoms with Crippen molar-refractivity contribution < 1.29 is 23.9 Å². The van der Waals surface area contributed by atoms with E-state index in [0.717, 1.165) is 43.4 Å². The monoisotopic (exact) mass is 468 g/mol. The topological polar surface area (TPSA) is 84.9 Å². The van der Waals surface area contributed by atoms with Crippen LogP contribution in [0, 0.1) is 23.2 Å². The second-order valence-electron chi connectivity index (χ2n) is 11.0. The fraction of sp³-hybridized carbons (Fsp3) is 0.667. The Morgan fingerprint density at radius 3 is 2.18 bits per heavy atom. The van der Waals surface area contributed by atoms with Gasteiger partial charge in [-0.25, -0.2) is 0 Å². The summed E-state index contributed by atoms with van der Waals surface area (Å²) >= 11 is 0. The molecule has 0 aliphatic heterocycles. The lowest BCUT2D eigenvalue weighted by Gasteiger charge is -2.55. The molecule has 0 aromatic heterocycles. The third kappa shape index (κ3) is 5.08. The molecule has 0 heterocycles. The van der Waals surface area contributed by atoms with Crippen LogP contribution in [0.3, 0.4) is 0 Å². The molecule has 6 rings (SSSR count). The normalized spacial score (nSPS) is 28.9. The smallest absolute Gasteiger partial charge is 0.308 e. The van der Waals surface area contributed by atoms with E-state index in [-0.39, 0.29) is 42.8 Å². The SMILES string of the molecule is COc1ccc(CN(C(=O)COC(=O)CCNC(=O)C23CC4CC(CC(C4)C2)C3)C2CC2)cc1. The Labute approximate surface area is 201 Å². The van der Waals surface area contributed by atoms with Crippen molar-refractivity contribution >= 4 is 17.8 Å². The van der Waals surface area contributed by atoms with Crippen molar-refractivity contribution in [2.75, 3.05) is 20.3 Å². The Kier molecular flexibility index (Phi) is 6.54. The van der Waals surface area contributed by atoms with Gasteiger partial charge in [0.05, 0.1) is 13.5 Å². The average molecular weight is 469 g/mol. The van der Waals surface area contributed by atoms with Gasteiger partial charge in [-0.2, -0.15) is 0 Å². The summed E-state index contributed by atoms with van der Waals surface area (Å²) in [7, 11) is 1.62. The van der Waals surface area contributed by atoms with Gasteiger partial charge in [0, 0.05) is 24.5 Å². The Hall–Kier alpha value is -2.57. The van der Waals surface area contributed by atoms with Gasteiger partial charge in [-0.1, -0.05) is 12.1 Å². The molecule has 34 heavy (non-hydrogen) atoms. The van der Waals surface area contributed by atoms with Gasteiger partial charge in [0.15, 0.2) is 6.61 Å². The molecule has 184 valence electrons. The Bertz CT molecular complexity index is 888. The van der Waals surface area contributed by atoms with E-state index in [4.69, 9.17) is 9.47 Å². The Morgan fingerprint density at radius 1 is 1.00 bits per heavy atom. The molecule has 5 saturated carbocycles. The highest BCUT2D eigenvalue weighted by Gasteiger charge is 2.54. The molecule has 1 aromatic rings. The van der Waals surface area contributed by atoms with Crippen molar-refractivity contribution in [3.05, 3.63) is 29.8 Å². The van der Waals surface area contributed by atoms with Gasteiger partial charge in [0.25, 0.3) is 5.91 Å². The van der Waals surface area contributed by atoms with Crippen LogP contribution in [0.25, 0.3) is 0 Å². The fourth-order valence-corrected chi connectivity index (χ4v) is 6.89. The second-order valence-corrected chi connectivity index (χ2v) is 11.0. The third-order valence-corrected chi connectivity index (χ3v) is 8.31. The zero-order valence-electron chi connectivity index (χ0n) is 20.1. The summed E-state index contributed by atoms with van der Waals surface area (Å²) in [5, 5.41) is 3.01. The van der Waals surface area contributed by atoms with E-state index in [0.29, 0.717) is 24.3 Å². The molecule has 7 nitrogen and oxygen atoms in total. The summed E-state index contributed by atoms with van der Waals surface area (Å²) in [5.41, 5.74) is 0.806. The first kappa shape index (κ1) is 23.2. The molecule has 5 aliphatic rings. The van der Waals surface area contributed by atoms with Crippen LogP contribution in [0.15, 0.2) is 24.3 Å². The highest BCUT2D eigenvalue weighted by molar-refractivity contribution is 5.84. The van der Waals surface area contributed by atoms with Crippen LogP contribution in [0.2, 0.25) is 0 Å². The molecule has 1 N–H and O–H groups in total. The first-order valence-electron chi connectivity index (χ1n) is 12.8. The van der Waals surface area contributed by atoms with E-state index in [9.17, 15) is 14.4 Å². The maximum absolute atomic E-state index is 13.0. The van der Waals surface area contributed by atoms with E-state index in [1.165, 1.54) is 19.3 Å². The van der Waals surface area contributed by atoms with Crippen LogP contribution in [0.1, 0.15) is 63.4 Å². The summed E-state index contributed by atoms with van der Waals surface area (Å²) in [6, 6.07) is 7.86. The number of nitrogens with zero attached hydrogens (tertiary/aromatic N) is 1. The largest absolute Gasteiger partial charge is 0.497 e. The fourth-order valence-electron chi connectivity index (χ4n) is 6.89. The lowest BCUT2D eigenvalue weighted by atomic mass is 9.49. The van der Waals surface area contributed by atoms with Crippen LogP contribution in [0.4, 0.5) is 0 Å². The lowest BCUT2D eigenvalue weighted by Crippen LogP contribution is -2.53. The molecule has 2 amide bonds. The molecule has 0 spiro atoms. The maximum Gasteiger partial charge on any atom is 0.308 e. The van der Waals surface area contributed by atoms with Crippen molar-refractivity contribution in [2.45, 2.75) is 70.4 Å². The van der Waals surface area contributed by atoms with Gasteiger partial charge in [-0.15, -0.1) is 0 Å². The van der Waals surface area contributed by atoms with Gasteiger partial charge in [0.1, 0.15) is 5.75 Å². The molecule has 0 unspecified atom stereocenters. The minimum Gasteiger partial charge on any atom is -0.497 e. The summed E-state index contributed by atoms with van der Waals surface area (Å²) in [6.07, 6.45) is 8.96. The summed E-state index contributed by atoms with van der Waals surface area (Å²) in [4.78, 5) is 39.8.